The number of ether oxygens (including phenoxy) is 2. The number of rotatable bonds is 7. The van der Waals surface area contributed by atoms with Crippen LogP contribution in [0.5, 0.6) is 5.75 Å². The molecule has 0 aliphatic heterocycles. The second-order valence-electron chi connectivity index (χ2n) is 6.73. The summed E-state index contributed by atoms with van der Waals surface area (Å²) in [5.41, 5.74) is 5.18. The fourth-order valence-corrected chi connectivity index (χ4v) is 3.06. The number of hydrogen-bond donors (Lipinski definition) is 1. The van der Waals surface area contributed by atoms with Gasteiger partial charge in [0.15, 0.2) is 0 Å². The van der Waals surface area contributed by atoms with Crippen LogP contribution in [0.25, 0.3) is 0 Å². The molecule has 1 aromatic rings. The molecule has 1 amide bonds. The quantitative estimate of drug-likeness (QED) is 0.835. The number of benzene rings is 1. The Morgan fingerprint density at radius 1 is 1.35 bits per heavy atom. The van der Waals surface area contributed by atoms with Crippen molar-refractivity contribution in [3.8, 4) is 5.75 Å². The van der Waals surface area contributed by atoms with Crippen molar-refractivity contribution in [2.45, 2.75) is 38.8 Å². The van der Waals surface area contributed by atoms with E-state index in [-0.39, 0.29) is 17.4 Å². The molecule has 0 heterocycles. The third-order valence-corrected chi connectivity index (χ3v) is 5.00. The number of nitrogens with zero attached hydrogens (tertiary/aromatic N) is 1. The van der Waals surface area contributed by atoms with E-state index in [1.165, 1.54) is 0 Å². The first-order valence-electron chi connectivity index (χ1n) is 8.17. The summed E-state index contributed by atoms with van der Waals surface area (Å²) in [5, 5.41) is 0. The van der Waals surface area contributed by atoms with E-state index in [4.69, 9.17) is 15.2 Å². The standard InChI is InChI=1S/C18H28N2O3/c1-5-22-15-13-18(19,17(15,2)3)16(21)20(4)11-12-23-14-9-7-6-8-10-14/h6-10,15H,5,11-13,19H2,1-4H3. The number of likely N-dealkylation sites (N-methyl/N-ethyl adjacent to an activating group) is 1. The average Bonchev–Trinajstić information content (AvgIpc) is 2.54. The summed E-state index contributed by atoms with van der Waals surface area (Å²) in [7, 11) is 1.77. The summed E-state index contributed by atoms with van der Waals surface area (Å²) in [5.74, 6) is 0.756. The van der Waals surface area contributed by atoms with Crippen LogP contribution < -0.4 is 10.5 Å². The largest absolute Gasteiger partial charge is 0.492 e. The van der Waals surface area contributed by atoms with Gasteiger partial charge in [0.05, 0.1) is 12.6 Å². The summed E-state index contributed by atoms with van der Waals surface area (Å²) in [4.78, 5) is 14.4. The highest BCUT2D eigenvalue weighted by atomic mass is 16.5. The van der Waals surface area contributed by atoms with Crippen LogP contribution in [-0.4, -0.2) is 49.3 Å². The van der Waals surface area contributed by atoms with E-state index in [9.17, 15) is 4.79 Å². The van der Waals surface area contributed by atoms with Crippen LogP contribution >= 0.6 is 0 Å². The molecule has 0 bridgehead atoms. The first-order chi connectivity index (χ1) is 10.8. The molecule has 23 heavy (non-hydrogen) atoms. The van der Waals surface area contributed by atoms with Gasteiger partial charge in [-0.05, 0) is 19.1 Å². The van der Waals surface area contributed by atoms with Gasteiger partial charge in [0, 0.05) is 25.5 Å². The summed E-state index contributed by atoms with van der Waals surface area (Å²) >= 11 is 0. The van der Waals surface area contributed by atoms with Gasteiger partial charge >= 0.3 is 0 Å². The Hall–Kier alpha value is -1.59. The molecule has 0 radical (unpaired) electrons. The molecule has 1 aliphatic rings. The lowest BCUT2D eigenvalue weighted by atomic mass is 9.54. The fourth-order valence-electron chi connectivity index (χ4n) is 3.06. The predicted octanol–water partition coefficient (Wildman–Crippen LogP) is 2.06. The van der Waals surface area contributed by atoms with Gasteiger partial charge in [0.1, 0.15) is 17.9 Å². The Bertz CT molecular complexity index is 532. The van der Waals surface area contributed by atoms with Crippen molar-refractivity contribution >= 4 is 5.91 Å². The topological polar surface area (TPSA) is 64.8 Å². The van der Waals surface area contributed by atoms with E-state index < -0.39 is 5.54 Å². The van der Waals surface area contributed by atoms with E-state index in [1.807, 2.05) is 51.1 Å². The Balaban J connectivity index is 1.87. The molecule has 2 atom stereocenters. The van der Waals surface area contributed by atoms with Crippen LogP contribution in [0.2, 0.25) is 0 Å². The van der Waals surface area contributed by atoms with E-state index in [0.29, 0.717) is 26.2 Å². The molecular formula is C18H28N2O3. The van der Waals surface area contributed by atoms with Gasteiger partial charge in [-0.25, -0.2) is 0 Å². The van der Waals surface area contributed by atoms with Crippen molar-refractivity contribution in [3.63, 3.8) is 0 Å². The van der Waals surface area contributed by atoms with Crippen LogP contribution in [0.15, 0.2) is 30.3 Å². The monoisotopic (exact) mass is 320 g/mol. The highest BCUT2D eigenvalue weighted by Gasteiger charge is 2.63. The molecule has 1 fully saturated rings. The van der Waals surface area contributed by atoms with Crippen LogP contribution in [0.3, 0.4) is 0 Å². The molecule has 5 heteroatoms. The smallest absolute Gasteiger partial charge is 0.243 e. The third kappa shape index (κ3) is 3.35. The van der Waals surface area contributed by atoms with Crippen molar-refractivity contribution in [2.75, 3.05) is 26.8 Å². The molecule has 0 spiro atoms. The van der Waals surface area contributed by atoms with Gasteiger partial charge in [-0.3, -0.25) is 4.79 Å². The van der Waals surface area contributed by atoms with Crippen LogP contribution in [0, 0.1) is 5.41 Å². The number of carbonyl (C=O) groups is 1. The fraction of sp³-hybridized carbons (Fsp3) is 0.611. The maximum atomic E-state index is 12.7. The van der Waals surface area contributed by atoms with E-state index >= 15 is 0 Å². The Labute approximate surface area is 138 Å². The predicted molar refractivity (Wildman–Crippen MR) is 90.3 cm³/mol. The second kappa shape index (κ2) is 6.89. The Morgan fingerprint density at radius 2 is 2.00 bits per heavy atom. The van der Waals surface area contributed by atoms with Gasteiger partial charge in [0.2, 0.25) is 5.91 Å². The molecule has 1 aromatic carbocycles. The molecule has 2 unspecified atom stereocenters. The zero-order valence-electron chi connectivity index (χ0n) is 14.5. The first kappa shape index (κ1) is 17.8. The molecule has 0 aromatic heterocycles. The molecule has 2 rings (SSSR count). The minimum Gasteiger partial charge on any atom is -0.492 e. The zero-order valence-corrected chi connectivity index (χ0v) is 14.5. The van der Waals surface area contributed by atoms with E-state index in [1.54, 1.807) is 11.9 Å². The number of carbonyl (C=O) groups excluding carboxylic acids is 1. The molecule has 0 saturated heterocycles. The van der Waals surface area contributed by atoms with E-state index in [2.05, 4.69) is 0 Å². The number of nitrogens with two attached hydrogens (primary N) is 1. The highest BCUT2D eigenvalue weighted by Crippen LogP contribution is 2.50. The average molecular weight is 320 g/mol. The van der Waals surface area contributed by atoms with Crippen LogP contribution in [0.4, 0.5) is 0 Å². The molecule has 2 N–H and O–H groups in total. The second-order valence-corrected chi connectivity index (χ2v) is 6.73. The van der Waals surface area contributed by atoms with Crippen LogP contribution in [0.1, 0.15) is 27.2 Å². The first-order valence-corrected chi connectivity index (χ1v) is 8.17. The number of amides is 1. The van der Waals surface area contributed by atoms with Crippen LogP contribution in [-0.2, 0) is 9.53 Å². The van der Waals surface area contributed by atoms with Crippen molar-refractivity contribution in [1.82, 2.24) is 4.90 Å². The molecule has 5 nitrogen and oxygen atoms in total. The highest BCUT2D eigenvalue weighted by molar-refractivity contribution is 5.88. The minimum atomic E-state index is -0.867. The van der Waals surface area contributed by atoms with Gasteiger partial charge < -0.3 is 20.1 Å². The summed E-state index contributed by atoms with van der Waals surface area (Å²) in [6.45, 7) is 7.55. The van der Waals surface area contributed by atoms with Crippen molar-refractivity contribution in [2.24, 2.45) is 11.1 Å². The van der Waals surface area contributed by atoms with Crippen molar-refractivity contribution < 1.29 is 14.3 Å². The third-order valence-electron chi connectivity index (χ3n) is 5.00. The maximum absolute atomic E-state index is 12.7. The Morgan fingerprint density at radius 3 is 2.57 bits per heavy atom. The van der Waals surface area contributed by atoms with Gasteiger partial charge in [-0.1, -0.05) is 32.0 Å². The van der Waals surface area contributed by atoms with Gasteiger partial charge in [-0.2, -0.15) is 0 Å². The lowest BCUT2D eigenvalue weighted by molar-refractivity contribution is -0.178. The van der Waals surface area contributed by atoms with E-state index in [0.717, 1.165) is 5.75 Å². The van der Waals surface area contributed by atoms with Gasteiger partial charge in [-0.15, -0.1) is 0 Å². The summed E-state index contributed by atoms with van der Waals surface area (Å²) in [6.07, 6.45) is 0.603. The zero-order chi connectivity index (χ0) is 17.1. The Kier molecular flexibility index (Phi) is 5.32. The number of hydrogen-bond acceptors (Lipinski definition) is 4. The van der Waals surface area contributed by atoms with Gasteiger partial charge in [0.25, 0.3) is 0 Å². The maximum Gasteiger partial charge on any atom is 0.243 e. The summed E-state index contributed by atoms with van der Waals surface area (Å²) in [6, 6.07) is 9.57. The lowest BCUT2D eigenvalue weighted by Gasteiger charge is -2.58. The van der Waals surface area contributed by atoms with Crippen molar-refractivity contribution in [1.29, 1.82) is 0 Å². The number of para-hydroxylation sites is 1. The summed E-state index contributed by atoms with van der Waals surface area (Å²) < 4.78 is 11.3. The molecule has 128 valence electrons. The normalized spacial score (nSPS) is 25.5. The lowest BCUT2D eigenvalue weighted by Crippen LogP contribution is -2.75. The SMILES string of the molecule is CCOC1CC(N)(C(=O)N(C)CCOc2ccccc2)C1(C)C. The minimum absolute atomic E-state index is 0.0374. The van der Waals surface area contributed by atoms with Crippen molar-refractivity contribution in [3.05, 3.63) is 30.3 Å². The molecular weight excluding hydrogens is 292 g/mol. The molecule has 1 saturated carbocycles. The molecule has 1 aliphatic carbocycles.